The van der Waals surface area contributed by atoms with Crippen LogP contribution in [-0.2, 0) is 0 Å². The molecule has 1 aromatic rings. The van der Waals surface area contributed by atoms with Gasteiger partial charge in [0.15, 0.2) is 0 Å². The number of hydrogen-bond acceptors (Lipinski definition) is 2. The van der Waals surface area contributed by atoms with Gasteiger partial charge in [0.25, 0.3) is 0 Å². The molecule has 0 saturated carbocycles. The van der Waals surface area contributed by atoms with Crippen molar-refractivity contribution in [1.82, 2.24) is 4.98 Å². The van der Waals surface area contributed by atoms with Gasteiger partial charge in [0.2, 0.25) is 0 Å². The van der Waals surface area contributed by atoms with Crippen molar-refractivity contribution < 1.29 is 0 Å². The number of nitrogens with two attached hydrogens (primary N) is 1. The van der Waals surface area contributed by atoms with E-state index in [9.17, 15) is 0 Å². The minimum Gasteiger partial charge on any atom is -0.361 e. The normalized spacial score (nSPS) is 12.8. The molecule has 1 atom stereocenters. The van der Waals surface area contributed by atoms with Crippen LogP contribution in [0.3, 0.4) is 0 Å². The highest BCUT2D eigenvalue weighted by Gasteiger charge is 2.08. The number of nitrogens with zero attached hydrogens (tertiary/aromatic N) is 1. The number of nitrogens with one attached hydrogen (secondary N) is 1. The number of rotatable bonds is 5. The summed E-state index contributed by atoms with van der Waals surface area (Å²) in [7, 11) is 2.09. The predicted molar refractivity (Wildman–Crippen MR) is 56.9 cm³/mol. The third kappa shape index (κ3) is 2.77. The van der Waals surface area contributed by atoms with Crippen LogP contribution in [0.25, 0.3) is 0 Å². The molecular formula is C10H19N3. The average Bonchev–Trinajstić information content (AvgIpc) is 2.66. The Kier molecular flexibility index (Phi) is 3.83. The van der Waals surface area contributed by atoms with E-state index in [4.69, 9.17) is 5.73 Å². The van der Waals surface area contributed by atoms with Gasteiger partial charge >= 0.3 is 0 Å². The maximum atomic E-state index is 5.65. The monoisotopic (exact) mass is 181 g/mol. The molecule has 3 N–H and O–H groups in total. The zero-order chi connectivity index (χ0) is 9.68. The molecule has 0 bridgehead atoms. The summed E-state index contributed by atoms with van der Waals surface area (Å²) in [6, 6.07) is 4.08. The minimum atomic E-state index is 0.591. The summed E-state index contributed by atoms with van der Waals surface area (Å²) >= 11 is 0. The lowest BCUT2D eigenvalue weighted by molar-refractivity contribution is 0.519. The average molecular weight is 181 g/mol. The highest BCUT2D eigenvalue weighted by atomic mass is 15.2. The third-order valence-electron chi connectivity index (χ3n) is 2.44. The molecule has 13 heavy (non-hydrogen) atoms. The summed E-state index contributed by atoms with van der Waals surface area (Å²) in [5, 5.41) is 0. The van der Waals surface area contributed by atoms with Crippen molar-refractivity contribution in [3.63, 3.8) is 0 Å². The fourth-order valence-electron chi connectivity index (χ4n) is 1.41. The van der Waals surface area contributed by atoms with E-state index in [-0.39, 0.29) is 0 Å². The molecule has 1 heterocycles. The molecule has 0 aliphatic carbocycles. The Morgan fingerprint density at radius 3 is 2.85 bits per heavy atom. The van der Waals surface area contributed by atoms with E-state index < -0.39 is 0 Å². The largest absolute Gasteiger partial charge is 0.361 e. The molecule has 74 valence electrons. The molecule has 0 radical (unpaired) electrons. The van der Waals surface area contributed by atoms with Crippen LogP contribution >= 0.6 is 0 Å². The van der Waals surface area contributed by atoms with E-state index in [0.717, 1.165) is 25.3 Å². The van der Waals surface area contributed by atoms with Gasteiger partial charge in [-0.15, -0.1) is 0 Å². The predicted octanol–water partition coefficient (Wildman–Crippen LogP) is 1.44. The van der Waals surface area contributed by atoms with Crippen molar-refractivity contribution in [3.8, 4) is 0 Å². The van der Waals surface area contributed by atoms with E-state index in [1.807, 2.05) is 12.3 Å². The van der Waals surface area contributed by atoms with Crippen LogP contribution in [0.2, 0.25) is 0 Å². The van der Waals surface area contributed by atoms with Crippen molar-refractivity contribution in [2.45, 2.75) is 13.3 Å². The number of aromatic amines is 1. The Morgan fingerprint density at radius 2 is 2.38 bits per heavy atom. The number of hydrogen-bond donors (Lipinski definition) is 2. The molecule has 1 unspecified atom stereocenters. The van der Waals surface area contributed by atoms with Gasteiger partial charge in [-0.3, -0.25) is 0 Å². The van der Waals surface area contributed by atoms with E-state index in [2.05, 4.69) is 29.9 Å². The molecule has 0 aromatic carbocycles. The van der Waals surface area contributed by atoms with Gasteiger partial charge in [0.1, 0.15) is 5.82 Å². The number of anilines is 1. The molecule has 3 heteroatoms. The van der Waals surface area contributed by atoms with Gasteiger partial charge in [0, 0.05) is 19.8 Å². The van der Waals surface area contributed by atoms with Crippen molar-refractivity contribution in [2.24, 2.45) is 11.7 Å². The Morgan fingerprint density at radius 1 is 1.62 bits per heavy atom. The summed E-state index contributed by atoms with van der Waals surface area (Å²) in [5.74, 6) is 1.75. The highest BCUT2D eigenvalue weighted by molar-refractivity contribution is 5.37. The van der Waals surface area contributed by atoms with Crippen LogP contribution in [0.15, 0.2) is 18.3 Å². The molecular weight excluding hydrogens is 162 g/mol. The van der Waals surface area contributed by atoms with E-state index in [1.54, 1.807) is 0 Å². The molecule has 0 aliphatic heterocycles. The Balaban J connectivity index is 2.45. The summed E-state index contributed by atoms with van der Waals surface area (Å²) in [6.45, 7) is 3.97. The molecule has 3 nitrogen and oxygen atoms in total. The Bertz CT molecular complexity index is 214. The van der Waals surface area contributed by atoms with Crippen LogP contribution in [0.5, 0.6) is 0 Å². The topological polar surface area (TPSA) is 45.0 Å². The second-order valence-corrected chi connectivity index (χ2v) is 3.45. The molecule has 0 saturated heterocycles. The van der Waals surface area contributed by atoms with E-state index >= 15 is 0 Å². The zero-order valence-corrected chi connectivity index (χ0v) is 8.46. The molecule has 0 amide bonds. The number of aromatic nitrogens is 1. The quantitative estimate of drug-likeness (QED) is 0.722. The van der Waals surface area contributed by atoms with Crippen molar-refractivity contribution in [3.05, 3.63) is 18.3 Å². The van der Waals surface area contributed by atoms with Gasteiger partial charge in [-0.25, -0.2) is 0 Å². The molecule has 0 spiro atoms. The third-order valence-corrected chi connectivity index (χ3v) is 2.44. The van der Waals surface area contributed by atoms with Crippen LogP contribution in [0.4, 0.5) is 5.82 Å². The van der Waals surface area contributed by atoms with Gasteiger partial charge in [-0.1, -0.05) is 13.3 Å². The lowest BCUT2D eigenvalue weighted by Crippen LogP contribution is -2.29. The van der Waals surface area contributed by atoms with Gasteiger partial charge in [0.05, 0.1) is 0 Å². The fraction of sp³-hybridized carbons (Fsp3) is 0.600. The maximum Gasteiger partial charge on any atom is 0.105 e. The van der Waals surface area contributed by atoms with E-state index in [0.29, 0.717) is 5.92 Å². The maximum absolute atomic E-state index is 5.65. The van der Waals surface area contributed by atoms with Gasteiger partial charge < -0.3 is 15.6 Å². The highest BCUT2D eigenvalue weighted by Crippen LogP contribution is 2.11. The van der Waals surface area contributed by atoms with Gasteiger partial charge in [-0.2, -0.15) is 0 Å². The summed E-state index contributed by atoms with van der Waals surface area (Å²) < 4.78 is 0. The molecule has 1 aromatic heterocycles. The first-order valence-electron chi connectivity index (χ1n) is 4.82. The fourth-order valence-corrected chi connectivity index (χ4v) is 1.41. The van der Waals surface area contributed by atoms with Crippen molar-refractivity contribution >= 4 is 5.82 Å². The van der Waals surface area contributed by atoms with Crippen LogP contribution < -0.4 is 10.6 Å². The van der Waals surface area contributed by atoms with Crippen LogP contribution in [-0.4, -0.2) is 25.1 Å². The second-order valence-electron chi connectivity index (χ2n) is 3.45. The van der Waals surface area contributed by atoms with E-state index in [1.165, 1.54) is 0 Å². The SMILES string of the molecule is CCC(CN)CN(C)c1ccc[nH]1. The molecule has 1 rings (SSSR count). The summed E-state index contributed by atoms with van der Waals surface area (Å²) in [5.41, 5.74) is 5.65. The van der Waals surface area contributed by atoms with Gasteiger partial charge in [-0.05, 0) is 24.6 Å². The first kappa shape index (κ1) is 10.1. The van der Waals surface area contributed by atoms with Crippen LogP contribution in [0.1, 0.15) is 13.3 Å². The Labute approximate surface area is 79.9 Å². The standard InChI is InChI=1S/C10H19N3/c1-3-9(7-11)8-13(2)10-5-4-6-12-10/h4-6,9,12H,3,7-8,11H2,1-2H3. The first-order valence-corrected chi connectivity index (χ1v) is 4.82. The van der Waals surface area contributed by atoms with Crippen LogP contribution in [0, 0.1) is 5.92 Å². The Hall–Kier alpha value is -0.960. The lowest BCUT2D eigenvalue weighted by Gasteiger charge is -2.22. The lowest BCUT2D eigenvalue weighted by atomic mass is 10.1. The first-order chi connectivity index (χ1) is 6.27. The minimum absolute atomic E-state index is 0.591. The smallest absolute Gasteiger partial charge is 0.105 e. The zero-order valence-electron chi connectivity index (χ0n) is 8.46. The second kappa shape index (κ2) is 4.92. The van der Waals surface area contributed by atoms with Crippen molar-refractivity contribution in [2.75, 3.05) is 25.0 Å². The summed E-state index contributed by atoms with van der Waals surface area (Å²) in [6.07, 6.45) is 3.08. The molecule has 0 aliphatic rings. The number of H-pyrrole nitrogens is 1. The van der Waals surface area contributed by atoms with Crippen molar-refractivity contribution in [1.29, 1.82) is 0 Å². The summed E-state index contributed by atoms with van der Waals surface area (Å²) in [4.78, 5) is 5.38. The molecule has 0 fully saturated rings.